The van der Waals surface area contributed by atoms with Gasteiger partial charge in [-0.25, -0.2) is 0 Å². The van der Waals surface area contributed by atoms with E-state index in [2.05, 4.69) is 137 Å². The van der Waals surface area contributed by atoms with Gasteiger partial charge < -0.3 is 40.6 Å². The second-order valence-electron chi connectivity index (χ2n) is 22.7. The molecule has 16 heteroatoms. The molecule has 9 rings (SSSR count). The smallest absolute Gasteiger partial charge is 0.246 e. The average Bonchev–Trinajstić information content (AvgIpc) is 4.18. The van der Waals surface area contributed by atoms with E-state index in [4.69, 9.17) is 9.73 Å². The van der Waals surface area contributed by atoms with Gasteiger partial charge in [-0.1, -0.05) is 111 Å². The van der Waals surface area contributed by atoms with Crippen molar-refractivity contribution in [3.63, 3.8) is 0 Å². The van der Waals surface area contributed by atoms with Gasteiger partial charge in [-0.05, 0) is 124 Å². The van der Waals surface area contributed by atoms with Crippen LogP contribution < -0.4 is 16.0 Å². The summed E-state index contributed by atoms with van der Waals surface area (Å²) in [6.07, 6.45) is 6.52. The highest BCUT2D eigenvalue weighted by atomic mass is 16.5. The number of β-amino-alcohol motifs (C(OH)–C–C–N with tert-alkyl or cyclic N) is 1. The van der Waals surface area contributed by atoms with Gasteiger partial charge in [-0.2, -0.15) is 0 Å². The van der Waals surface area contributed by atoms with Crippen LogP contribution in [-0.4, -0.2) is 122 Å². The zero-order chi connectivity index (χ0) is 54.7. The Balaban J connectivity index is 0.717. The SMILES string of the molecule is CC1=C(c2ccc(CNC(=O)[C@@H]3CC(O)CN3C(=O)C(NC(=O)COCCN3CCC(c4ccc([C@H](C)NC(=O)CC5N=C(c6ccc(C)cc6)c6c([nH]c(C)c6C)-n6c(C)nnc65)cc4)CC3)C(C)(C)C)cc2)CC=C1. The molecule has 4 aliphatic rings. The molecule has 5 aromatic rings. The minimum absolute atomic E-state index is 0.00536. The molecule has 0 radical (unpaired) electrons. The Labute approximate surface area is 452 Å². The highest BCUT2D eigenvalue weighted by Gasteiger charge is 2.44. The number of H-pyrrole nitrogens is 1. The number of aromatic amines is 1. The quantitative estimate of drug-likeness (QED) is 0.0579. The molecule has 2 aromatic heterocycles. The predicted molar refractivity (Wildman–Crippen MR) is 298 cm³/mol. The van der Waals surface area contributed by atoms with Crippen LogP contribution >= 0.6 is 0 Å². The summed E-state index contributed by atoms with van der Waals surface area (Å²) >= 11 is 0. The first-order chi connectivity index (χ1) is 36.8. The van der Waals surface area contributed by atoms with E-state index in [0.29, 0.717) is 24.9 Å². The number of fused-ring (bicyclic) bond motifs is 3. The Bertz CT molecular complexity index is 3060. The minimum atomic E-state index is -0.937. The number of hydrogen-bond donors (Lipinski definition) is 5. The van der Waals surface area contributed by atoms with Gasteiger partial charge in [-0.3, -0.25) is 28.7 Å². The Kier molecular flexibility index (Phi) is 16.6. The molecule has 4 amide bonds. The van der Waals surface area contributed by atoms with Crippen LogP contribution in [0.15, 0.2) is 95.5 Å². The summed E-state index contributed by atoms with van der Waals surface area (Å²) in [5.41, 5.74) is 12.3. The van der Waals surface area contributed by atoms with Gasteiger partial charge in [0, 0.05) is 42.9 Å². The molecule has 77 heavy (non-hydrogen) atoms. The van der Waals surface area contributed by atoms with Crippen LogP contribution in [0.4, 0.5) is 0 Å². The third-order valence-corrected chi connectivity index (χ3v) is 16.0. The summed E-state index contributed by atoms with van der Waals surface area (Å²) in [5, 5.41) is 28.7. The van der Waals surface area contributed by atoms with Crippen molar-refractivity contribution in [2.45, 2.75) is 137 Å². The maximum Gasteiger partial charge on any atom is 0.246 e. The molecule has 16 nitrogen and oxygen atoms in total. The molecule has 406 valence electrons. The Morgan fingerprint density at radius 3 is 2.25 bits per heavy atom. The van der Waals surface area contributed by atoms with E-state index in [-0.39, 0.29) is 50.4 Å². The fourth-order valence-electron chi connectivity index (χ4n) is 11.3. The monoisotopic (exact) mass is 1040 g/mol. The van der Waals surface area contributed by atoms with Crippen LogP contribution in [0.2, 0.25) is 0 Å². The number of aliphatic hydroxyl groups excluding tert-OH is 1. The second-order valence-corrected chi connectivity index (χ2v) is 22.7. The number of nitrogens with zero attached hydrogens (tertiary/aromatic N) is 6. The lowest BCUT2D eigenvalue weighted by atomic mass is 9.85. The van der Waals surface area contributed by atoms with Crippen molar-refractivity contribution in [1.29, 1.82) is 0 Å². The summed E-state index contributed by atoms with van der Waals surface area (Å²) in [6.45, 7) is 20.7. The molecule has 5 heterocycles. The first-order valence-corrected chi connectivity index (χ1v) is 27.3. The molecule has 2 saturated heterocycles. The maximum atomic E-state index is 14.1. The Morgan fingerprint density at radius 2 is 1.57 bits per heavy atom. The van der Waals surface area contributed by atoms with Crippen LogP contribution in [0, 0.1) is 33.1 Å². The van der Waals surface area contributed by atoms with Gasteiger partial charge in [0.2, 0.25) is 23.6 Å². The number of hydrogen-bond acceptors (Lipinski definition) is 10. The molecule has 1 aliphatic carbocycles. The number of carbonyl (C=O) groups is 4. The molecule has 3 unspecified atom stereocenters. The summed E-state index contributed by atoms with van der Waals surface area (Å²) < 4.78 is 7.87. The van der Waals surface area contributed by atoms with E-state index in [0.717, 1.165) is 94.3 Å². The molecular weight excluding hydrogens is 969 g/mol. The zero-order valence-corrected chi connectivity index (χ0v) is 46.2. The maximum absolute atomic E-state index is 14.1. The van der Waals surface area contributed by atoms with Crippen molar-refractivity contribution in [2.75, 3.05) is 39.4 Å². The predicted octanol–water partition coefficient (Wildman–Crippen LogP) is 7.73. The minimum Gasteiger partial charge on any atom is -0.391 e. The lowest BCUT2D eigenvalue weighted by Crippen LogP contribution is -2.58. The zero-order valence-electron chi connectivity index (χ0n) is 46.2. The highest BCUT2D eigenvalue weighted by Crippen LogP contribution is 2.36. The van der Waals surface area contributed by atoms with Crippen LogP contribution in [0.3, 0.4) is 0 Å². The van der Waals surface area contributed by atoms with Crippen molar-refractivity contribution in [3.8, 4) is 5.82 Å². The Morgan fingerprint density at radius 1 is 0.870 bits per heavy atom. The standard InChI is InChI=1S/C61H76N10O6/c1-36-13-17-47(18-14-36)55-54-38(3)39(4)64-58(54)71-41(6)67-68-57(71)50(65-55)32-52(73)63-40(5)43-21-23-44(24-22-43)45-25-27-69(28-26-45)29-30-77-35-53(74)66-56(61(7,8)9)60(76)70-34-48(72)31-51(70)59(75)62-33-42-15-19-46(20-16-42)49-12-10-11-37(49)2/h10-11,13-24,40,45,48,50-51,56,64,72H,12,25-35H2,1-9H3,(H,62,75)(H,63,73)(H,66,74)/t40-,48?,50?,51-,56?/m0/s1. The molecule has 0 bridgehead atoms. The number of aromatic nitrogens is 4. The summed E-state index contributed by atoms with van der Waals surface area (Å²) in [5.74, 6) is 1.32. The fraction of sp³-hybridized carbons (Fsp3) is 0.459. The van der Waals surface area contributed by atoms with Gasteiger partial charge in [-0.15, -0.1) is 10.2 Å². The molecule has 3 aliphatic heterocycles. The molecule has 3 aromatic carbocycles. The van der Waals surface area contributed by atoms with Crippen LogP contribution in [0.5, 0.6) is 0 Å². The number of allylic oxidation sites excluding steroid dienone is 4. The number of piperidine rings is 1. The van der Waals surface area contributed by atoms with Crippen molar-refractivity contribution in [1.82, 2.24) is 45.5 Å². The van der Waals surface area contributed by atoms with Gasteiger partial charge in [0.05, 0.1) is 30.9 Å². The number of carbonyl (C=O) groups excluding carboxylic acids is 4. The topological polar surface area (TPSA) is 199 Å². The van der Waals surface area contributed by atoms with Crippen molar-refractivity contribution >= 4 is 34.9 Å². The first kappa shape index (κ1) is 54.8. The number of aryl methyl sites for hydroxylation is 3. The number of likely N-dealkylation sites (tertiary alicyclic amines) is 2. The largest absolute Gasteiger partial charge is 0.391 e. The highest BCUT2D eigenvalue weighted by molar-refractivity contribution is 6.16. The fourth-order valence-corrected chi connectivity index (χ4v) is 11.3. The molecule has 5 atom stereocenters. The molecule has 5 N–H and O–H groups in total. The van der Waals surface area contributed by atoms with Gasteiger partial charge in [0.25, 0.3) is 0 Å². The second kappa shape index (κ2) is 23.3. The van der Waals surface area contributed by atoms with Crippen LogP contribution in [0.25, 0.3) is 11.4 Å². The summed E-state index contributed by atoms with van der Waals surface area (Å²) in [6, 6.07) is 22.4. The van der Waals surface area contributed by atoms with E-state index in [1.165, 1.54) is 21.6 Å². The average molecular weight is 1050 g/mol. The van der Waals surface area contributed by atoms with E-state index in [1.54, 1.807) is 0 Å². The third-order valence-electron chi connectivity index (χ3n) is 16.0. The number of benzene rings is 3. The number of rotatable bonds is 17. The number of nitrogens with one attached hydrogen (secondary N) is 4. The van der Waals surface area contributed by atoms with Gasteiger partial charge >= 0.3 is 0 Å². The third kappa shape index (κ3) is 12.4. The molecule has 2 fully saturated rings. The lowest BCUT2D eigenvalue weighted by molar-refractivity contribution is -0.144. The van der Waals surface area contributed by atoms with E-state index in [9.17, 15) is 24.3 Å². The van der Waals surface area contributed by atoms with Crippen molar-refractivity contribution < 1.29 is 29.0 Å². The number of ether oxygens (including phenoxy) is 1. The van der Waals surface area contributed by atoms with E-state index < -0.39 is 41.5 Å². The number of aliphatic imine (C=N–C) groups is 1. The first-order valence-electron chi connectivity index (χ1n) is 27.3. The molecule has 0 spiro atoms. The van der Waals surface area contributed by atoms with E-state index >= 15 is 0 Å². The molecular formula is C61H76N10O6. The normalized spacial score (nSPS) is 19.6. The van der Waals surface area contributed by atoms with Crippen molar-refractivity contribution in [3.05, 3.63) is 152 Å². The molecule has 0 saturated carbocycles. The summed E-state index contributed by atoms with van der Waals surface area (Å²) in [7, 11) is 0. The van der Waals surface area contributed by atoms with Crippen LogP contribution in [0.1, 0.15) is 147 Å². The lowest BCUT2D eigenvalue weighted by Gasteiger charge is -2.35. The van der Waals surface area contributed by atoms with Crippen molar-refractivity contribution in [2.24, 2.45) is 10.4 Å². The number of amides is 4. The van der Waals surface area contributed by atoms with Crippen LogP contribution in [-0.2, 0) is 30.5 Å². The summed E-state index contributed by atoms with van der Waals surface area (Å²) in [4.78, 5) is 67.4. The van der Waals surface area contributed by atoms with Gasteiger partial charge in [0.1, 0.15) is 36.4 Å². The van der Waals surface area contributed by atoms with Gasteiger partial charge in [0.15, 0.2) is 5.82 Å². The number of aliphatic hydroxyl groups is 1. The Hall–Kier alpha value is -7.01. The van der Waals surface area contributed by atoms with E-state index in [1.807, 2.05) is 51.3 Å².